The van der Waals surface area contributed by atoms with Gasteiger partial charge in [0, 0.05) is 19.3 Å². The van der Waals surface area contributed by atoms with E-state index in [9.17, 15) is 28.6 Å². The fourth-order valence-electron chi connectivity index (χ4n) is 4.11. The number of aliphatic hydroxyl groups is 2. The first kappa shape index (κ1) is 26.7. The third kappa shape index (κ3) is 9.21. The normalized spacial score (nSPS) is 24.5. The van der Waals surface area contributed by atoms with Crippen molar-refractivity contribution in [3.8, 4) is 0 Å². The van der Waals surface area contributed by atoms with E-state index >= 15 is 0 Å². The molecule has 0 spiro atoms. The van der Waals surface area contributed by atoms with Gasteiger partial charge in [-0.15, -0.1) is 0 Å². The van der Waals surface area contributed by atoms with Gasteiger partial charge in [0.05, 0.1) is 19.3 Å². The minimum atomic E-state index is -3.30. The molecule has 7 heteroatoms. The van der Waals surface area contributed by atoms with E-state index in [1.54, 1.807) is 6.92 Å². The fraction of sp³-hybridized carbons (Fsp3) is 0.826. The maximum Gasteiger partial charge on any atom is 0.305 e. The van der Waals surface area contributed by atoms with Crippen LogP contribution in [0.5, 0.6) is 0 Å². The number of hydrogen-bond acceptors (Lipinski definition) is 5. The standard InChI is InChI=1S/C23H38F2O5/c1-3-4-15-23(24,25)21(28)14-13-18-17(19(26)16-20(18)27)11-9-7-5-6-8-10-12-22(29)30-2/h7,9,17-20,26-27H,3-6,8,10-16H2,1-2H3/b9-7+. The van der Waals surface area contributed by atoms with E-state index in [1.165, 1.54) is 7.11 Å². The number of ether oxygens (including phenoxy) is 1. The molecule has 5 nitrogen and oxygen atoms in total. The Labute approximate surface area is 178 Å². The van der Waals surface area contributed by atoms with Gasteiger partial charge in [0.15, 0.2) is 0 Å². The molecule has 1 rings (SSSR count). The van der Waals surface area contributed by atoms with Crippen molar-refractivity contribution in [2.75, 3.05) is 7.11 Å². The van der Waals surface area contributed by atoms with E-state index in [-0.39, 0.29) is 37.1 Å². The summed E-state index contributed by atoms with van der Waals surface area (Å²) in [6.07, 6.45) is 7.57. The minimum absolute atomic E-state index is 0.171. The average Bonchev–Trinajstić information content (AvgIpc) is 2.98. The smallest absolute Gasteiger partial charge is 0.305 e. The molecular formula is C23H38F2O5. The van der Waals surface area contributed by atoms with Crippen LogP contribution in [0.2, 0.25) is 0 Å². The topological polar surface area (TPSA) is 83.8 Å². The molecular weight excluding hydrogens is 394 g/mol. The lowest BCUT2D eigenvalue weighted by atomic mass is 9.85. The number of alkyl halides is 2. The average molecular weight is 433 g/mol. The van der Waals surface area contributed by atoms with Crippen molar-refractivity contribution in [3.63, 3.8) is 0 Å². The van der Waals surface area contributed by atoms with Crippen molar-refractivity contribution in [1.29, 1.82) is 0 Å². The summed E-state index contributed by atoms with van der Waals surface area (Å²) in [5, 5.41) is 20.5. The molecule has 2 N–H and O–H groups in total. The van der Waals surface area contributed by atoms with E-state index in [0.29, 0.717) is 25.7 Å². The predicted octanol–water partition coefficient (Wildman–Crippen LogP) is 4.59. The number of hydrogen-bond donors (Lipinski definition) is 2. The molecule has 1 aliphatic carbocycles. The van der Waals surface area contributed by atoms with Crippen LogP contribution in [-0.4, -0.2) is 47.2 Å². The van der Waals surface area contributed by atoms with Gasteiger partial charge in [-0.2, -0.15) is 8.78 Å². The number of carbonyl (C=O) groups excluding carboxylic acids is 2. The number of unbranched alkanes of at least 4 members (excludes halogenated alkanes) is 4. The summed E-state index contributed by atoms with van der Waals surface area (Å²) in [7, 11) is 1.38. The fourth-order valence-corrected chi connectivity index (χ4v) is 4.11. The summed E-state index contributed by atoms with van der Waals surface area (Å²) >= 11 is 0. The van der Waals surface area contributed by atoms with Crippen molar-refractivity contribution in [2.24, 2.45) is 11.8 Å². The molecule has 30 heavy (non-hydrogen) atoms. The molecule has 0 aromatic carbocycles. The van der Waals surface area contributed by atoms with Crippen molar-refractivity contribution >= 4 is 11.8 Å². The van der Waals surface area contributed by atoms with Crippen LogP contribution in [0.3, 0.4) is 0 Å². The van der Waals surface area contributed by atoms with Gasteiger partial charge in [-0.05, 0) is 56.8 Å². The quantitative estimate of drug-likeness (QED) is 0.225. The Bertz CT molecular complexity index is 550. The Morgan fingerprint density at radius 1 is 1.03 bits per heavy atom. The first-order valence-corrected chi connectivity index (χ1v) is 11.2. The van der Waals surface area contributed by atoms with Gasteiger partial charge in [0.2, 0.25) is 5.78 Å². The lowest BCUT2D eigenvalue weighted by Crippen LogP contribution is -2.30. The van der Waals surface area contributed by atoms with E-state index in [1.807, 2.05) is 12.2 Å². The molecule has 174 valence electrons. The van der Waals surface area contributed by atoms with Gasteiger partial charge < -0.3 is 14.9 Å². The van der Waals surface area contributed by atoms with E-state index in [0.717, 1.165) is 25.7 Å². The number of methoxy groups -OCH3 is 1. The van der Waals surface area contributed by atoms with Gasteiger partial charge in [0.1, 0.15) is 0 Å². The number of aliphatic hydroxyl groups excluding tert-OH is 2. The van der Waals surface area contributed by atoms with Crippen LogP contribution < -0.4 is 0 Å². The van der Waals surface area contributed by atoms with Crippen LogP contribution in [0.4, 0.5) is 8.78 Å². The van der Waals surface area contributed by atoms with Crippen LogP contribution in [0, 0.1) is 11.8 Å². The van der Waals surface area contributed by atoms with E-state index in [2.05, 4.69) is 4.74 Å². The highest BCUT2D eigenvalue weighted by atomic mass is 19.3. The van der Waals surface area contributed by atoms with Crippen molar-refractivity contribution in [1.82, 2.24) is 0 Å². The molecule has 0 bridgehead atoms. The number of rotatable bonds is 15. The number of halogens is 2. The first-order chi connectivity index (χ1) is 14.2. The Morgan fingerprint density at radius 2 is 1.73 bits per heavy atom. The Hall–Kier alpha value is -1.34. The van der Waals surface area contributed by atoms with Gasteiger partial charge >= 0.3 is 11.9 Å². The zero-order valence-electron chi connectivity index (χ0n) is 18.3. The molecule has 1 aliphatic rings. The van der Waals surface area contributed by atoms with E-state index in [4.69, 9.17) is 0 Å². The maximum absolute atomic E-state index is 13.9. The second kappa shape index (κ2) is 13.9. The number of carbonyl (C=O) groups is 2. The molecule has 0 heterocycles. The van der Waals surface area contributed by atoms with E-state index < -0.39 is 30.3 Å². The molecule has 0 saturated heterocycles. The zero-order chi connectivity index (χ0) is 22.6. The van der Waals surface area contributed by atoms with Gasteiger partial charge in [-0.3, -0.25) is 9.59 Å². The van der Waals surface area contributed by atoms with Crippen LogP contribution in [0.1, 0.15) is 84.0 Å². The number of esters is 1. The second-order valence-corrected chi connectivity index (χ2v) is 8.35. The summed E-state index contributed by atoms with van der Waals surface area (Å²) in [5.41, 5.74) is 0. The van der Waals surface area contributed by atoms with Crippen LogP contribution >= 0.6 is 0 Å². The molecule has 4 unspecified atom stereocenters. The summed E-state index contributed by atoms with van der Waals surface area (Å²) in [6, 6.07) is 0. The number of Topliss-reactive ketones (excluding diaryl/α,β-unsaturated/α-hetero) is 1. The van der Waals surface area contributed by atoms with Crippen LogP contribution in [0.15, 0.2) is 12.2 Å². The summed E-state index contributed by atoms with van der Waals surface area (Å²) in [5.74, 6) is -5.15. The highest BCUT2D eigenvalue weighted by Crippen LogP contribution is 2.39. The molecule has 0 aromatic rings. The SMILES string of the molecule is CCCCC(F)(F)C(=O)CCC1C(O)CC(O)C1C/C=C/CCCCCC(=O)OC. The predicted molar refractivity (Wildman–Crippen MR) is 111 cm³/mol. The molecule has 0 radical (unpaired) electrons. The Kier molecular flexibility index (Phi) is 12.3. The summed E-state index contributed by atoms with van der Waals surface area (Å²) in [6.45, 7) is 1.80. The van der Waals surface area contributed by atoms with Crippen molar-refractivity contribution in [3.05, 3.63) is 12.2 Å². The van der Waals surface area contributed by atoms with Gasteiger partial charge in [-0.1, -0.05) is 31.9 Å². The monoisotopic (exact) mass is 432 g/mol. The maximum atomic E-state index is 13.9. The molecule has 0 aliphatic heterocycles. The summed E-state index contributed by atoms with van der Waals surface area (Å²) < 4.78 is 32.4. The highest BCUT2D eigenvalue weighted by molar-refractivity contribution is 5.85. The molecule has 1 fully saturated rings. The Morgan fingerprint density at radius 3 is 2.40 bits per heavy atom. The molecule has 1 saturated carbocycles. The Balaban J connectivity index is 2.41. The number of ketones is 1. The summed E-state index contributed by atoms with van der Waals surface area (Å²) in [4.78, 5) is 23.0. The lowest BCUT2D eigenvalue weighted by molar-refractivity contribution is -0.144. The van der Waals surface area contributed by atoms with Crippen LogP contribution in [0.25, 0.3) is 0 Å². The lowest BCUT2D eigenvalue weighted by Gasteiger charge is -2.23. The molecule has 4 atom stereocenters. The molecule has 0 amide bonds. The van der Waals surface area contributed by atoms with Crippen LogP contribution in [-0.2, 0) is 14.3 Å². The van der Waals surface area contributed by atoms with Crippen molar-refractivity contribution < 1.29 is 33.3 Å². The third-order valence-corrected chi connectivity index (χ3v) is 6.03. The largest absolute Gasteiger partial charge is 0.469 e. The van der Waals surface area contributed by atoms with Gasteiger partial charge in [-0.25, -0.2) is 0 Å². The third-order valence-electron chi connectivity index (χ3n) is 6.03. The zero-order valence-corrected chi connectivity index (χ0v) is 18.3. The number of allylic oxidation sites excluding steroid dienone is 2. The van der Waals surface area contributed by atoms with Crippen molar-refractivity contribution in [2.45, 2.75) is 102 Å². The second-order valence-electron chi connectivity index (χ2n) is 8.35. The molecule has 0 aromatic heterocycles. The van der Waals surface area contributed by atoms with Gasteiger partial charge in [0.25, 0.3) is 0 Å². The highest BCUT2D eigenvalue weighted by Gasteiger charge is 2.43. The minimum Gasteiger partial charge on any atom is -0.469 e. The first-order valence-electron chi connectivity index (χ1n) is 11.2.